The molecule has 2 rings (SSSR count). The highest BCUT2D eigenvalue weighted by atomic mass is 35.5. The monoisotopic (exact) mass is 332 g/mol. The van der Waals surface area contributed by atoms with Gasteiger partial charge in [0.25, 0.3) is 0 Å². The maximum atomic E-state index is 12.7. The molecular weight excluding hydrogens is 316 g/mol. The van der Waals surface area contributed by atoms with Gasteiger partial charge < -0.3 is 10.5 Å². The summed E-state index contributed by atoms with van der Waals surface area (Å²) < 4.78 is 31.4. The van der Waals surface area contributed by atoms with Crippen molar-refractivity contribution in [2.45, 2.75) is 30.2 Å². The molecule has 1 atom stereocenters. The average molecular weight is 333 g/mol. The largest absolute Gasteiger partial charge is 0.468 e. The van der Waals surface area contributed by atoms with Crippen molar-refractivity contribution < 1.29 is 17.9 Å². The topological polar surface area (TPSA) is 89.7 Å². The first-order valence-electron chi connectivity index (χ1n) is 6.52. The van der Waals surface area contributed by atoms with Crippen molar-refractivity contribution in [2.75, 3.05) is 19.4 Å². The second-order valence-corrected chi connectivity index (χ2v) is 7.13. The van der Waals surface area contributed by atoms with Crippen LogP contribution in [-0.4, -0.2) is 38.4 Å². The Hall–Kier alpha value is -1.31. The first-order valence-corrected chi connectivity index (χ1v) is 8.34. The van der Waals surface area contributed by atoms with Gasteiger partial charge in [-0.15, -0.1) is 0 Å². The Morgan fingerprint density at radius 2 is 2.14 bits per heavy atom. The minimum Gasteiger partial charge on any atom is -0.468 e. The molecule has 1 aromatic rings. The molecule has 0 radical (unpaired) electrons. The molecule has 0 bridgehead atoms. The summed E-state index contributed by atoms with van der Waals surface area (Å²) in [6, 6.07) is 3.40. The standard InChI is InChI=1S/C13H17ClN2O4S/c1-20-13(17)11-4-2-3-7-16(11)21(18,19)12-6-5-9(14)8-10(12)15/h5-6,8,11H,2-4,7,15H2,1H3. The van der Waals surface area contributed by atoms with Crippen LogP contribution in [0.1, 0.15) is 19.3 Å². The first kappa shape index (κ1) is 16.1. The molecule has 0 aromatic heterocycles. The van der Waals surface area contributed by atoms with Crippen LogP contribution in [-0.2, 0) is 19.6 Å². The van der Waals surface area contributed by atoms with Crippen molar-refractivity contribution in [3.63, 3.8) is 0 Å². The van der Waals surface area contributed by atoms with Gasteiger partial charge in [0.05, 0.1) is 12.8 Å². The molecule has 2 N–H and O–H groups in total. The van der Waals surface area contributed by atoms with E-state index in [0.29, 0.717) is 17.9 Å². The van der Waals surface area contributed by atoms with Crippen LogP contribution in [0.15, 0.2) is 23.1 Å². The fraction of sp³-hybridized carbons (Fsp3) is 0.462. The minimum atomic E-state index is -3.86. The van der Waals surface area contributed by atoms with Gasteiger partial charge in [-0.1, -0.05) is 11.6 Å². The predicted molar refractivity (Wildman–Crippen MR) is 79.4 cm³/mol. The molecule has 0 saturated carbocycles. The van der Waals surface area contributed by atoms with Crippen LogP contribution in [0.25, 0.3) is 0 Å². The number of halogens is 1. The van der Waals surface area contributed by atoms with E-state index in [4.69, 9.17) is 22.1 Å². The number of anilines is 1. The summed E-state index contributed by atoms with van der Waals surface area (Å²) in [7, 11) is -2.62. The third-order valence-corrected chi connectivity index (χ3v) is 5.70. The van der Waals surface area contributed by atoms with E-state index >= 15 is 0 Å². The predicted octanol–water partition coefficient (Wildman–Crippen LogP) is 1.64. The normalized spacial score (nSPS) is 20.2. The Morgan fingerprint density at radius 3 is 2.76 bits per heavy atom. The van der Waals surface area contributed by atoms with Crippen molar-refractivity contribution in [3.05, 3.63) is 23.2 Å². The van der Waals surface area contributed by atoms with Gasteiger partial charge in [-0.2, -0.15) is 4.31 Å². The number of hydrogen-bond acceptors (Lipinski definition) is 5. The molecular formula is C13H17ClN2O4S. The zero-order valence-electron chi connectivity index (χ0n) is 11.6. The minimum absolute atomic E-state index is 0.0392. The van der Waals surface area contributed by atoms with Crippen LogP contribution in [0, 0.1) is 0 Å². The highest BCUT2D eigenvalue weighted by molar-refractivity contribution is 7.89. The number of carbonyl (C=O) groups excluding carboxylic acids is 1. The lowest BCUT2D eigenvalue weighted by Crippen LogP contribution is -2.48. The van der Waals surface area contributed by atoms with Crippen LogP contribution in [0.2, 0.25) is 5.02 Å². The summed E-state index contributed by atoms with van der Waals surface area (Å²) in [5.74, 6) is -0.550. The summed E-state index contributed by atoms with van der Waals surface area (Å²) >= 11 is 5.79. The number of ether oxygens (including phenoxy) is 1. The molecule has 1 saturated heterocycles. The van der Waals surface area contributed by atoms with Crippen molar-refractivity contribution in [3.8, 4) is 0 Å². The van der Waals surface area contributed by atoms with Gasteiger partial charge >= 0.3 is 5.97 Å². The van der Waals surface area contributed by atoms with E-state index in [1.807, 2.05) is 0 Å². The Morgan fingerprint density at radius 1 is 1.43 bits per heavy atom. The molecule has 1 heterocycles. The molecule has 1 aliphatic rings. The van der Waals surface area contributed by atoms with Crippen LogP contribution in [0.3, 0.4) is 0 Å². The third-order valence-electron chi connectivity index (χ3n) is 3.49. The summed E-state index contributed by atoms with van der Waals surface area (Å²) in [6.45, 7) is 0.268. The quantitative estimate of drug-likeness (QED) is 0.671. The summed E-state index contributed by atoms with van der Waals surface area (Å²) in [5.41, 5.74) is 5.83. The van der Waals surface area contributed by atoms with Crippen LogP contribution in [0.4, 0.5) is 5.69 Å². The molecule has 116 valence electrons. The van der Waals surface area contributed by atoms with Gasteiger partial charge in [0.1, 0.15) is 10.9 Å². The van der Waals surface area contributed by atoms with Gasteiger partial charge in [0, 0.05) is 11.6 Å². The number of nitrogen functional groups attached to an aromatic ring is 1. The van der Waals surface area contributed by atoms with Gasteiger partial charge in [-0.3, -0.25) is 4.79 Å². The van der Waals surface area contributed by atoms with E-state index in [1.54, 1.807) is 0 Å². The lowest BCUT2D eigenvalue weighted by Gasteiger charge is -2.32. The average Bonchev–Trinajstić information content (AvgIpc) is 2.46. The number of piperidine rings is 1. The summed E-state index contributed by atoms with van der Waals surface area (Å²) in [5, 5.41) is 0.356. The van der Waals surface area contributed by atoms with E-state index in [2.05, 4.69) is 0 Å². The van der Waals surface area contributed by atoms with Crippen molar-refractivity contribution >= 4 is 33.3 Å². The third kappa shape index (κ3) is 3.14. The molecule has 1 aliphatic heterocycles. The van der Waals surface area contributed by atoms with Gasteiger partial charge in [-0.25, -0.2) is 8.42 Å². The van der Waals surface area contributed by atoms with Gasteiger partial charge in [-0.05, 0) is 37.5 Å². The van der Waals surface area contributed by atoms with Gasteiger partial charge in [0.15, 0.2) is 0 Å². The van der Waals surface area contributed by atoms with Gasteiger partial charge in [0.2, 0.25) is 10.0 Å². The maximum Gasteiger partial charge on any atom is 0.324 e. The molecule has 0 aliphatic carbocycles. The zero-order chi connectivity index (χ0) is 15.6. The summed E-state index contributed by atoms with van der Waals surface area (Å²) in [6.07, 6.45) is 1.92. The number of rotatable bonds is 3. The number of methoxy groups -OCH3 is 1. The fourth-order valence-corrected chi connectivity index (χ4v) is 4.37. The molecule has 1 unspecified atom stereocenters. The lowest BCUT2D eigenvalue weighted by molar-refractivity contribution is -0.146. The van der Waals surface area contributed by atoms with Crippen LogP contribution < -0.4 is 5.73 Å². The fourth-order valence-electron chi connectivity index (χ4n) is 2.44. The summed E-state index contributed by atoms with van der Waals surface area (Å²) in [4.78, 5) is 11.8. The van der Waals surface area contributed by atoms with E-state index in [9.17, 15) is 13.2 Å². The number of benzene rings is 1. The zero-order valence-corrected chi connectivity index (χ0v) is 13.2. The Balaban J connectivity index is 2.43. The van der Waals surface area contributed by atoms with E-state index in [0.717, 1.165) is 6.42 Å². The number of hydrogen-bond donors (Lipinski definition) is 1. The second-order valence-electron chi connectivity index (χ2n) is 4.83. The number of esters is 1. The molecule has 0 spiro atoms. The number of nitrogens with zero attached hydrogens (tertiary/aromatic N) is 1. The molecule has 6 nitrogen and oxygen atoms in total. The highest BCUT2D eigenvalue weighted by Gasteiger charge is 2.39. The Kier molecular flexibility index (Phi) is 4.75. The maximum absolute atomic E-state index is 12.7. The molecule has 1 fully saturated rings. The van der Waals surface area contributed by atoms with E-state index < -0.39 is 22.0 Å². The molecule has 1 aromatic carbocycles. The highest BCUT2D eigenvalue weighted by Crippen LogP contribution is 2.30. The number of sulfonamides is 1. The number of carbonyl (C=O) groups is 1. The SMILES string of the molecule is COC(=O)C1CCCCN1S(=O)(=O)c1ccc(Cl)cc1N. The molecule has 8 heteroatoms. The van der Waals surface area contributed by atoms with Crippen molar-refractivity contribution in [2.24, 2.45) is 0 Å². The first-order chi connectivity index (χ1) is 9.87. The van der Waals surface area contributed by atoms with Crippen molar-refractivity contribution in [1.82, 2.24) is 4.31 Å². The van der Waals surface area contributed by atoms with Crippen molar-refractivity contribution in [1.29, 1.82) is 0 Å². The Labute approximate surface area is 128 Å². The Bertz CT molecular complexity index is 648. The smallest absolute Gasteiger partial charge is 0.324 e. The molecule has 21 heavy (non-hydrogen) atoms. The second kappa shape index (κ2) is 6.21. The lowest BCUT2D eigenvalue weighted by atomic mass is 10.1. The van der Waals surface area contributed by atoms with Crippen LogP contribution >= 0.6 is 11.6 Å². The van der Waals surface area contributed by atoms with E-state index in [-0.39, 0.29) is 17.1 Å². The van der Waals surface area contributed by atoms with Crippen LogP contribution in [0.5, 0.6) is 0 Å². The number of nitrogens with two attached hydrogens (primary N) is 1. The van der Waals surface area contributed by atoms with E-state index in [1.165, 1.54) is 29.6 Å². The molecule has 0 amide bonds.